The molecule has 2 aromatic rings. The summed E-state index contributed by atoms with van der Waals surface area (Å²) in [4.78, 5) is 47.8. The minimum Gasteiger partial charge on any atom is -0.493 e. The summed E-state index contributed by atoms with van der Waals surface area (Å²) in [5, 5.41) is 10.7. The van der Waals surface area contributed by atoms with E-state index in [2.05, 4.69) is 10.3 Å². The van der Waals surface area contributed by atoms with Crippen molar-refractivity contribution in [2.24, 2.45) is 4.99 Å². The number of aliphatic carboxylic acids is 1. The molecule has 2 N–H and O–H groups in total. The number of ether oxygens (including phenoxy) is 1. The Labute approximate surface area is 154 Å². The van der Waals surface area contributed by atoms with E-state index in [1.165, 1.54) is 6.08 Å². The summed E-state index contributed by atoms with van der Waals surface area (Å²) in [5.74, 6) is -1.26. The SMILES string of the molecule is O=C=Nc1ccc(C(=O)c2ccc(OCCC(=O)NCC(=O)O)cc2)cc1. The van der Waals surface area contributed by atoms with Gasteiger partial charge < -0.3 is 15.2 Å². The van der Waals surface area contributed by atoms with Crippen molar-refractivity contribution in [1.29, 1.82) is 0 Å². The Morgan fingerprint density at radius 1 is 1.00 bits per heavy atom. The second kappa shape index (κ2) is 9.65. The first-order chi connectivity index (χ1) is 13.0. The highest BCUT2D eigenvalue weighted by Gasteiger charge is 2.09. The van der Waals surface area contributed by atoms with E-state index in [4.69, 9.17) is 9.84 Å². The Balaban J connectivity index is 1.88. The number of hydrogen-bond acceptors (Lipinski definition) is 6. The second-order valence-electron chi connectivity index (χ2n) is 5.37. The molecular formula is C19H16N2O6. The number of carboxylic acid groups (broad SMARTS) is 1. The van der Waals surface area contributed by atoms with E-state index in [1.54, 1.807) is 48.5 Å². The monoisotopic (exact) mass is 368 g/mol. The van der Waals surface area contributed by atoms with Crippen LogP contribution in [-0.4, -0.2) is 42.0 Å². The third-order valence-corrected chi connectivity index (χ3v) is 3.46. The zero-order valence-corrected chi connectivity index (χ0v) is 14.2. The Morgan fingerprint density at radius 2 is 1.59 bits per heavy atom. The van der Waals surface area contributed by atoms with E-state index < -0.39 is 18.4 Å². The van der Waals surface area contributed by atoms with Crippen LogP contribution in [0.2, 0.25) is 0 Å². The lowest BCUT2D eigenvalue weighted by atomic mass is 10.0. The molecule has 0 aliphatic rings. The first-order valence-electron chi connectivity index (χ1n) is 7.93. The van der Waals surface area contributed by atoms with Crippen LogP contribution < -0.4 is 10.1 Å². The molecule has 8 nitrogen and oxygen atoms in total. The van der Waals surface area contributed by atoms with Crippen molar-refractivity contribution < 1.29 is 29.0 Å². The summed E-state index contributed by atoms with van der Waals surface area (Å²) < 4.78 is 5.40. The average Bonchev–Trinajstić information content (AvgIpc) is 2.67. The maximum Gasteiger partial charge on any atom is 0.322 e. The number of amides is 1. The van der Waals surface area contributed by atoms with Crippen LogP contribution in [0.25, 0.3) is 0 Å². The fourth-order valence-electron chi connectivity index (χ4n) is 2.13. The van der Waals surface area contributed by atoms with Crippen molar-refractivity contribution >= 4 is 29.4 Å². The number of carbonyl (C=O) groups excluding carboxylic acids is 3. The molecule has 2 rings (SSSR count). The average molecular weight is 368 g/mol. The van der Waals surface area contributed by atoms with Crippen molar-refractivity contribution in [2.45, 2.75) is 6.42 Å². The smallest absolute Gasteiger partial charge is 0.322 e. The molecule has 0 bridgehead atoms. The van der Waals surface area contributed by atoms with Gasteiger partial charge in [0.05, 0.1) is 18.7 Å². The van der Waals surface area contributed by atoms with Crippen molar-refractivity contribution in [2.75, 3.05) is 13.2 Å². The molecule has 0 aliphatic heterocycles. The van der Waals surface area contributed by atoms with Crippen LogP contribution in [0.5, 0.6) is 5.75 Å². The van der Waals surface area contributed by atoms with Gasteiger partial charge in [-0.05, 0) is 48.5 Å². The lowest BCUT2D eigenvalue weighted by Crippen LogP contribution is -2.30. The molecule has 0 fully saturated rings. The standard InChI is InChI=1S/C19H16N2O6/c22-12-21-15-5-1-13(2-6-15)19(26)14-3-7-16(8-4-14)27-10-9-17(23)20-11-18(24)25/h1-8H,9-11H2,(H,20,23)(H,24,25). The molecule has 0 radical (unpaired) electrons. The molecule has 0 saturated heterocycles. The minimum atomic E-state index is -1.12. The van der Waals surface area contributed by atoms with E-state index in [1.807, 2.05) is 0 Å². The van der Waals surface area contributed by atoms with Gasteiger partial charge in [0.25, 0.3) is 0 Å². The lowest BCUT2D eigenvalue weighted by molar-refractivity contribution is -0.138. The van der Waals surface area contributed by atoms with Gasteiger partial charge in [0.2, 0.25) is 12.0 Å². The molecule has 2 aromatic carbocycles. The number of isocyanates is 1. The number of carboxylic acids is 1. The fourth-order valence-corrected chi connectivity index (χ4v) is 2.13. The van der Waals surface area contributed by atoms with E-state index >= 15 is 0 Å². The zero-order valence-electron chi connectivity index (χ0n) is 14.2. The first kappa shape index (κ1) is 19.6. The maximum atomic E-state index is 12.4. The Bertz CT molecular complexity index is 868. The summed E-state index contributed by atoms with van der Waals surface area (Å²) >= 11 is 0. The number of rotatable bonds is 9. The molecule has 138 valence electrons. The van der Waals surface area contributed by atoms with Gasteiger partial charge in [0.1, 0.15) is 12.3 Å². The largest absolute Gasteiger partial charge is 0.493 e. The van der Waals surface area contributed by atoms with Crippen LogP contribution in [0.15, 0.2) is 53.5 Å². The van der Waals surface area contributed by atoms with E-state index in [-0.39, 0.29) is 18.8 Å². The third-order valence-electron chi connectivity index (χ3n) is 3.46. The van der Waals surface area contributed by atoms with Gasteiger partial charge in [-0.3, -0.25) is 14.4 Å². The summed E-state index contributed by atoms with van der Waals surface area (Å²) in [5.41, 5.74) is 1.31. The Hall–Kier alpha value is -3.77. The molecule has 0 saturated carbocycles. The number of benzene rings is 2. The van der Waals surface area contributed by atoms with E-state index in [0.29, 0.717) is 22.6 Å². The van der Waals surface area contributed by atoms with Crippen molar-refractivity contribution in [3.63, 3.8) is 0 Å². The minimum absolute atomic E-state index is 0.0174. The van der Waals surface area contributed by atoms with E-state index in [0.717, 1.165) is 0 Å². The number of nitrogens with zero attached hydrogens (tertiary/aromatic N) is 1. The summed E-state index contributed by atoms with van der Waals surface area (Å²) in [6, 6.07) is 12.6. The maximum absolute atomic E-state index is 12.4. The van der Waals surface area contributed by atoms with Gasteiger partial charge >= 0.3 is 5.97 Å². The Morgan fingerprint density at radius 3 is 2.15 bits per heavy atom. The van der Waals surface area contributed by atoms with Crippen molar-refractivity contribution in [1.82, 2.24) is 5.32 Å². The molecule has 0 spiro atoms. The fraction of sp³-hybridized carbons (Fsp3) is 0.158. The van der Waals surface area contributed by atoms with Gasteiger partial charge in [0.15, 0.2) is 5.78 Å². The topological polar surface area (TPSA) is 122 Å². The van der Waals surface area contributed by atoms with Crippen LogP contribution in [-0.2, 0) is 14.4 Å². The quantitative estimate of drug-likeness (QED) is 0.396. The van der Waals surface area contributed by atoms with Gasteiger partial charge in [-0.2, -0.15) is 4.99 Å². The van der Waals surface area contributed by atoms with Crippen LogP contribution in [0, 0.1) is 0 Å². The van der Waals surface area contributed by atoms with Crippen LogP contribution in [0.3, 0.4) is 0 Å². The number of nitrogens with one attached hydrogen (secondary N) is 1. The van der Waals surface area contributed by atoms with Crippen molar-refractivity contribution in [3.8, 4) is 5.75 Å². The molecule has 8 heteroatoms. The molecule has 1 amide bonds. The molecule has 0 aromatic heterocycles. The van der Waals surface area contributed by atoms with Crippen LogP contribution >= 0.6 is 0 Å². The third kappa shape index (κ3) is 6.22. The van der Waals surface area contributed by atoms with Crippen LogP contribution in [0.1, 0.15) is 22.3 Å². The number of carbonyl (C=O) groups is 3. The highest BCUT2D eigenvalue weighted by Crippen LogP contribution is 2.18. The first-order valence-corrected chi connectivity index (χ1v) is 7.93. The number of ketones is 1. The predicted octanol–water partition coefficient (Wildman–Crippen LogP) is 1.85. The van der Waals surface area contributed by atoms with Crippen molar-refractivity contribution in [3.05, 3.63) is 59.7 Å². The Kier molecular flexibility index (Phi) is 6.99. The summed E-state index contributed by atoms with van der Waals surface area (Å²) in [6.07, 6.45) is 1.45. The van der Waals surface area contributed by atoms with Gasteiger partial charge in [-0.15, -0.1) is 0 Å². The lowest BCUT2D eigenvalue weighted by Gasteiger charge is -2.07. The van der Waals surface area contributed by atoms with Gasteiger partial charge in [-0.25, -0.2) is 4.79 Å². The molecule has 0 atom stereocenters. The second-order valence-corrected chi connectivity index (χ2v) is 5.37. The van der Waals surface area contributed by atoms with Crippen LogP contribution in [0.4, 0.5) is 5.69 Å². The zero-order chi connectivity index (χ0) is 19.6. The molecular weight excluding hydrogens is 352 g/mol. The van der Waals surface area contributed by atoms with E-state index in [9.17, 15) is 19.2 Å². The highest BCUT2D eigenvalue weighted by molar-refractivity contribution is 6.09. The predicted molar refractivity (Wildman–Crippen MR) is 94.9 cm³/mol. The van der Waals surface area contributed by atoms with Gasteiger partial charge in [0, 0.05) is 11.1 Å². The number of hydrogen-bond donors (Lipinski definition) is 2. The normalized spacial score (nSPS) is 9.78. The summed E-state index contributed by atoms with van der Waals surface area (Å²) in [7, 11) is 0. The molecule has 27 heavy (non-hydrogen) atoms. The number of aliphatic imine (C=N–C) groups is 1. The molecule has 0 unspecified atom stereocenters. The summed E-state index contributed by atoms with van der Waals surface area (Å²) in [6.45, 7) is -0.352. The highest BCUT2D eigenvalue weighted by atomic mass is 16.5. The molecule has 0 aliphatic carbocycles. The molecule has 0 heterocycles. The van der Waals surface area contributed by atoms with Gasteiger partial charge in [-0.1, -0.05) is 0 Å².